The lowest BCUT2D eigenvalue weighted by Gasteiger charge is -2.27. The van der Waals surface area contributed by atoms with Crippen LogP contribution in [0.2, 0.25) is 0 Å². The molecule has 3 atom stereocenters. The van der Waals surface area contributed by atoms with Crippen molar-refractivity contribution in [2.75, 3.05) is 19.6 Å². The summed E-state index contributed by atoms with van der Waals surface area (Å²) in [7, 11) is 0. The second kappa shape index (κ2) is 6.18. The Hall–Kier alpha value is -1.35. The van der Waals surface area contributed by atoms with Gasteiger partial charge in [0, 0.05) is 32.1 Å². The van der Waals surface area contributed by atoms with Crippen molar-refractivity contribution in [3.05, 3.63) is 35.4 Å². The van der Waals surface area contributed by atoms with Crippen LogP contribution in [0.1, 0.15) is 30.9 Å². The van der Waals surface area contributed by atoms with E-state index in [4.69, 9.17) is 0 Å². The van der Waals surface area contributed by atoms with Crippen LogP contribution in [0, 0.1) is 18.8 Å². The third kappa shape index (κ3) is 2.84. The molecule has 21 heavy (non-hydrogen) atoms. The lowest BCUT2D eigenvalue weighted by molar-refractivity contribution is -0.132. The SMILES string of the molecule is CCC1C2CNCC2CN1C(=O)CCc1ccccc1C. The molecule has 0 spiro atoms. The molecule has 3 nitrogen and oxygen atoms in total. The quantitative estimate of drug-likeness (QED) is 0.921. The second-order valence-corrected chi connectivity index (χ2v) is 6.53. The van der Waals surface area contributed by atoms with Crippen LogP contribution in [0.3, 0.4) is 0 Å². The van der Waals surface area contributed by atoms with Gasteiger partial charge >= 0.3 is 0 Å². The second-order valence-electron chi connectivity index (χ2n) is 6.53. The number of hydrogen-bond acceptors (Lipinski definition) is 2. The van der Waals surface area contributed by atoms with Gasteiger partial charge in [0.25, 0.3) is 0 Å². The molecule has 1 aromatic carbocycles. The fourth-order valence-electron chi connectivity index (χ4n) is 4.11. The molecule has 1 amide bonds. The number of nitrogens with one attached hydrogen (secondary N) is 1. The number of carbonyl (C=O) groups is 1. The van der Waals surface area contributed by atoms with Gasteiger partial charge in [-0.05, 0) is 42.7 Å². The fraction of sp³-hybridized carbons (Fsp3) is 0.611. The Morgan fingerprint density at radius 1 is 1.33 bits per heavy atom. The first-order chi connectivity index (χ1) is 10.2. The van der Waals surface area contributed by atoms with E-state index in [2.05, 4.69) is 48.3 Å². The first-order valence-electron chi connectivity index (χ1n) is 8.25. The number of nitrogens with zero attached hydrogens (tertiary/aromatic N) is 1. The average Bonchev–Trinajstić information content (AvgIpc) is 3.06. The van der Waals surface area contributed by atoms with Crippen LogP contribution in [0.4, 0.5) is 0 Å². The van der Waals surface area contributed by atoms with Crippen LogP contribution in [-0.2, 0) is 11.2 Å². The van der Waals surface area contributed by atoms with E-state index in [0.29, 0.717) is 30.2 Å². The zero-order valence-corrected chi connectivity index (χ0v) is 13.1. The van der Waals surface area contributed by atoms with Gasteiger partial charge in [-0.1, -0.05) is 31.2 Å². The van der Waals surface area contributed by atoms with Crippen LogP contribution in [0.15, 0.2) is 24.3 Å². The molecule has 1 N–H and O–H groups in total. The highest BCUT2D eigenvalue weighted by atomic mass is 16.2. The molecule has 2 aliphatic rings. The molecule has 0 saturated carbocycles. The highest BCUT2D eigenvalue weighted by Gasteiger charge is 2.44. The van der Waals surface area contributed by atoms with Crippen molar-refractivity contribution in [2.24, 2.45) is 11.8 Å². The number of hydrogen-bond donors (Lipinski definition) is 1. The van der Waals surface area contributed by atoms with E-state index in [0.717, 1.165) is 32.5 Å². The zero-order chi connectivity index (χ0) is 14.8. The van der Waals surface area contributed by atoms with Crippen molar-refractivity contribution in [1.29, 1.82) is 0 Å². The molecule has 3 rings (SSSR count). The van der Waals surface area contributed by atoms with Gasteiger partial charge in [-0.25, -0.2) is 0 Å². The predicted molar refractivity (Wildman–Crippen MR) is 85.1 cm³/mol. The molecule has 0 radical (unpaired) electrons. The Morgan fingerprint density at radius 2 is 2.14 bits per heavy atom. The number of aryl methyl sites for hydroxylation is 2. The number of fused-ring (bicyclic) bond motifs is 1. The normalized spacial score (nSPS) is 27.9. The molecule has 0 aliphatic carbocycles. The molecule has 1 aromatic rings. The molecule has 114 valence electrons. The molecule has 2 heterocycles. The topological polar surface area (TPSA) is 32.3 Å². The molecule has 0 bridgehead atoms. The highest BCUT2D eigenvalue weighted by Crippen LogP contribution is 2.34. The van der Waals surface area contributed by atoms with Crippen molar-refractivity contribution in [3.8, 4) is 0 Å². The maximum absolute atomic E-state index is 12.6. The third-order valence-electron chi connectivity index (χ3n) is 5.33. The predicted octanol–water partition coefficient (Wildman–Crippen LogP) is 2.38. The first kappa shape index (κ1) is 14.6. The standard InChI is InChI=1S/C18H26N2O/c1-3-17-16-11-19-10-15(16)12-20(17)18(21)9-8-14-7-5-4-6-13(14)2/h4-7,15-17,19H,3,8-12H2,1-2H3. The number of carbonyl (C=O) groups excluding carboxylic acids is 1. The largest absolute Gasteiger partial charge is 0.339 e. The van der Waals surface area contributed by atoms with E-state index >= 15 is 0 Å². The number of rotatable bonds is 4. The minimum Gasteiger partial charge on any atom is -0.339 e. The number of amides is 1. The summed E-state index contributed by atoms with van der Waals surface area (Å²) in [6.07, 6.45) is 2.60. The fourth-order valence-corrected chi connectivity index (χ4v) is 4.11. The van der Waals surface area contributed by atoms with Crippen molar-refractivity contribution in [2.45, 2.75) is 39.2 Å². The van der Waals surface area contributed by atoms with E-state index in [9.17, 15) is 4.79 Å². The van der Waals surface area contributed by atoms with E-state index < -0.39 is 0 Å². The van der Waals surface area contributed by atoms with Crippen molar-refractivity contribution in [3.63, 3.8) is 0 Å². The summed E-state index contributed by atoms with van der Waals surface area (Å²) in [5, 5.41) is 3.48. The van der Waals surface area contributed by atoms with E-state index in [1.807, 2.05) is 0 Å². The monoisotopic (exact) mass is 286 g/mol. The molecular weight excluding hydrogens is 260 g/mol. The smallest absolute Gasteiger partial charge is 0.223 e. The summed E-state index contributed by atoms with van der Waals surface area (Å²) in [5.74, 6) is 1.70. The molecule has 2 aliphatic heterocycles. The molecule has 2 saturated heterocycles. The maximum Gasteiger partial charge on any atom is 0.223 e. The molecular formula is C18H26N2O. The summed E-state index contributed by atoms with van der Waals surface area (Å²) in [6, 6.07) is 8.84. The molecule has 0 aromatic heterocycles. The van der Waals surface area contributed by atoms with Gasteiger partial charge in [-0.15, -0.1) is 0 Å². The Kier molecular flexibility index (Phi) is 4.29. The first-order valence-corrected chi connectivity index (χ1v) is 8.25. The minimum absolute atomic E-state index is 0.347. The summed E-state index contributed by atoms with van der Waals surface area (Å²) >= 11 is 0. The molecule has 2 fully saturated rings. The van der Waals surface area contributed by atoms with Gasteiger partial charge in [0.1, 0.15) is 0 Å². The van der Waals surface area contributed by atoms with Gasteiger partial charge in [0.15, 0.2) is 0 Å². The highest BCUT2D eigenvalue weighted by molar-refractivity contribution is 5.77. The summed E-state index contributed by atoms with van der Waals surface area (Å²) in [6.45, 7) is 7.48. The van der Waals surface area contributed by atoms with Crippen molar-refractivity contribution < 1.29 is 4.79 Å². The Labute approximate surface area is 127 Å². The Balaban J connectivity index is 1.62. The summed E-state index contributed by atoms with van der Waals surface area (Å²) in [4.78, 5) is 14.8. The average molecular weight is 286 g/mol. The Bertz CT molecular complexity index is 514. The van der Waals surface area contributed by atoms with Crippen LogP contribution >= 0.6 is 0 Å². The minimum atomic E-state index is 0.347. The van der Waals surface area contributed by atoms with Crippen molar-refractivity contribution >= 4 is 5.91 Å². The third-order valence-corrected chi connectivity index (χ3v) is 5.33. The number of likely N-dealkylation sites (tertiary alicyclic amines) is 1. The number of benzene rings is 1. The van der Waals surface area contributed by atoms with Crippen LogP contribution in [0.25, 0.3) is 0 Å². The van der Waals surface area contributed by atoms with Crippen LogP contribution in [-0.4, -0.2) is 36.5 Å². The van der Waals surface area contributed by atoms with Gasteiger partial charge in [-0.2, -0.15) is 0 Å². The van der Waals surface area contributed by atoms with Gasteiger partial charge in [0.2, 0.25) is 5.91 Å². The summed E-state index contributed by atoms with van der Waals surface area (Å²) in [5.41, 5.74) is 2.60. The van der Waals surface area contributed by atoms with Crippen molar-refractivity contribution in [1.82, 2.24) is 10.2 Å². The van der Waals surface area contributed by atoms with Crippen LogP contribution in [0.5, 0.6) is 0 Å². The van der Waals surface area contributed by atoms with Gasteiger partial charge < -0.3 is 10.2 Å². The van der Waals surface area contributed by atoms with Gasteiger partial charge in [-0.3, -0.25) is 4.79 Å². The van der Waals surface area contributed by atoms with Crippen LogP contribution < -0.4 is 5.32 Å². The zero-order valence-electron chi connectivity index (χ0n) is 13.1. The van der Waals surface area contributed by atoms with E-state index in [1.165, 1.54) is 11.1 Å². The Morgan fingerprint density at radius 3 is 2.90 bits per heavy atom. The molecule has 3 heteroatoms. The maximum atomic E-state index is 12.6. The summed E-state index contributed by atoms with van der Waals surface area (Å²) < 4.78 is 0. The van der Waals surface area contributed by atoms with E-state index in [-0.39, 0.29) is 0 Å². The lowest BCUT2D eigenvalue weighted by Crippen LogP contribution is -2.39. The van der Waals surface area contributed by atoms with E-state index in [1.54, 1.807) is 0 Å². The lowest BCUT2D eigenvalue weighted by atomic mass is 9.93. The molecule has 3 unspecified atom stereocenters. The van der Waals surface area contributed by atoms with Gasteiger partial charge in [0.05, 0.1) is 0 Å².